The van der Waals surface area contributed by atoms with Crippen LogP contribution in [0.3, 0.4) is 0 Å². The Kier molecular flexibility index (Phi) is 6.20. The molecule has 1 fully saturated rings. The Balaban J connectivity index is 2.00. The molecular formula is C15H27N5O. The van der Waals surface area contributed by atoms with Crippen molar-refractivity contribution in [1.82, 2.24) is 14.9 Å². The highest BCUT2D eigenvalue weighted by molar-refractivity contribution is 5.47. The van der Waals surface area contributed by atoms with Gasteiger partial charge in [0.1, 0.15) is 18.2 Å². The maximum atomic E-state index is 5.14. The molecular weight excluding hydrogens is 266 g/mol. The first-order chi connectivity index (χ1) is 10.3. The molecule has 1 aliphatic heterocycles. The van der Waals surface area contributed by atoms with Gasteiger partial charge in [0.15, 0.2) is 5.82 Å². The van der Waals surface area contributed by atoms with Crippen LogP contribution in [0.2, 0.25) is 0 Å². The average molecular weight is 293 g/mol. The monoisotopic (exact) mass is 293 g/mol. The highest BCUT2D eigenvalue weighted by Crippen LogP contribution is 2.18. The number of ether oxygens (including phenoxy) is 1. The quantitative estimate of drug-likeness (QED) is 0.764. The molecule has 2 heterocycles. The van der Waals surface area contributed by atoms with Crippen molar-refractivity contribution in [2.75, 3.05) is 43.9 Å². The van der Waals surface area contributed by atoms with E-state index >= 15 is 0 Å². The van der Waals surface area contributed by atoms with Gasteiger partial charge in [0, 0.05) is 32.3 Å². The van der Waals surface area contributed by atoms with Crippen LogP contribution < -0.4 is 10.6 Å². The number of aromatic nitrogens is 2. The normalized spacial score (nSPS) is 18.9. The molecule has 6 nitrogen and oxygen atoms in total. The minimum atomic E-state index is 0.429. The molecule has 6 heteroatoms. The maximum Gasteiger partial charge on any atom is 0.158 e. The highest BCUT2D eigenvalue weighted by atomic mass is 16.5. The first-order valence-corrected chi connectivity index (χ1v) is 7.85. The van der Waals surface area contributed by atoms with Gasteiger partial charge in [0.2, 0.25) is 0 Å². The van der Waals surface area contributed by atoms with Crippen molar-refractivity contribution in [2.24, 2.45) is 0 Å². The first-order valence-electron chi connectivity index (χ1n) is 7.85. The van der Waals surface area contributed by atoms with Crippen LogP contribution in [0.25, 0.3) is 0 Å². The maximum absolute atomic E-state index is 5.14. The summed E-state index contributed by atoms with van der Waals surface area (Å²) in [7, 11) is 1.66. The van der Waals surface area contributed by atoms with Gasteiger partial charge in [-0.05, 0) is 32.9 Å². The molecule has 0 radical (unpaired) electrons. The third-order valence-corrected chi connectivity index (χ3v) is 3.83. The molecule has 1 aromatic rings. The zero-order valence-electron chi connectivity index (χ0n) is 13.4. The van der Waals surface area contributed by atoms with Crippen molar-refractivity contribution in [1.29, 1.82) is 0 Å². The number of anilines is 2. The van der Waals surface area contributed by atoms with Crippen LogP contribution in [0.4, 0.5) is 11.6 Å². The fourth-order valence-electron chi connectivity index (χ4n) is 2.82. The van der Waals surface area contributed by atoms with E-state index in [-0.39, 0.29) is 0 Å². The molecule has 1 unspecified atom stereocenters. The van der Waals surface area contributed by atoms with Crippen LogP contribution in [0.1, 0.15) is 32.5 Å². The summed E-state index contributed by atoms with van der Waals surface area (Å²) in [5.74, 6) is 2.42. The Bertz CT molecular complexity index is 416. The van der Waals surface area contributed by atoms with Crippen molar-refractivity contribution >= 4 is 11.6 Å². The SMILES string of the molecule is CCNc1cc(NCC2CCCN2CC)nc(COC)n1. The van der Waals surface area contributed by atoms with Crippen LogP contribution >= 0.6 is 0 Å². The van der Waals surface area contributed by atoms with E-state index in [4.69, 9.17) is 4.74 Å². The number of rotatable bonds is 8. The topological polar surface area (TPSA) is 62.3 Å². The third-order valence-electron chi connectivity index (χ3n) is 3.83. The molecule has 2 N–H and O–H groups in total. The highest BCUT2D eigenvalue weighted by Gasteiger charge is 2.22. The standard InChI is InChI=1S/C15H27N5O/c1-4-16-13-9-14(19-15(18-13)11-21-3)17-10-12-7-6-8-20(12)5-2/h9,12H,4-8,10-11H2,1-3H3,(H2,16,17,18,19). The fourth-order valence-corrected chi connectivity index (χ4v) is 2.82. The van der Waals surface area contributed by atoms with Gasteiger partial charge >= 0.3 is 0 Å². The first kappa shape index (κ1) is 16.0. The molecule has 0 saturated carbocycles. The van der Waals surface area contributed by atoms with Gasteiger partial charge in [-0.1, -0.05) is 6.92 Å². The van der Waals surface area contributed by atoms with E-state index < -0.39 is 0 Å². The predicted octanol–water partition coefficient (Wildman–Crippen LogP) is 1.95. The van der Waals surface area contributed by atoms with Crippen LogP contribution in [0.5, 0.6) is 0 Å². The molecule has 0 aliphatic carbocycles. The number of likely N-dealkylation sites (tertiary alicyclic amines) is 1. The van der Waals surface area contributed by atoms with Crippen molar-refractivity contribution < 1.29 is 4.74 Å². The van der Waals surface area contributed by atoms with Gasteiger partial charge in [-0.3, -0.25) is 4.90 Å². The lowest BCUT2D eigenvalue weighted by Gasteiger charge is -2.23. The largest absolute Gasteiger partial charge is 0.377 e. The second kappa shape index (κ2) is 8.14. The van der Waals surface area contributed by atoms with Crippen molar-refractivity contribution in [3.05, 3.63) is 11.9 Å². The minimum Gasteiger partial charge on any atom is -0.377 e. The zero-order chi connectivity index (χ0) is 15.1. The van der Waals surface area contributed by atoms with E-state index in [1.54, 1.807) is 7.11 Å². The van der Waals surface area contributed by atoms with E-state index in [9.17, 15) is 0 Å². The van der Waals surface area contributed by atoms with Gasteiger partial charge in [-0.2, -0.15) is 0 Å². The molecule has 2 rings (SSSR count). The van der Waals surface area contributed by atoms with Crippen LogP contribution in [-0.2, 0) is 11.3 Å². The van der Waals surface area contributed by atoms with Gasteiger partial charge in [-0.25, -0.2) is 9.97 Å². The lowest BCUT2D eigenvalue weighted by molar-refractivity contribution is 0.178. The third kappa shape index (κ3) is 4.54. The summed E-state index contributed by atoms with van der Waals surface area (Å²) in [6.07, 6.45) is 2.55. The molecule has 1 atom stereocenters. The van der Waals surface area contributed by atoms with Gasteiger partial charge < -0.3 is 15.4 Å². The number of methoxy groups -OCH3 is 1. The van der Waals surface area contributed by atoms with E-state index in [2.05, 4.69) is 39.3 Å². The Hall–Kier alpha value is -1.40. The number of hydrogen-bond donors (Lipinski definition) is 2. The average Bonchev–Trinajstić information content (AvgIpc) is 2.93. The summed E-state index contributed by atoms with van der Waals surface area (Å²) in [5.41, 5.74) is 0. The number of nitrogens with one attached hydrogen (secondary N) is 2. The van der Waals surface area contributed by atoms with Crippen LogP contribution in [-0.4, -0.2) is 54.2 Å². The summed E-state index contributed by atoms with van der Waals surface area (Å²) in [6, 6.07) is 2.58. The van der Waals surface area contributed by atoms with Crippen LogP contribution in [0.15, 0.2) is 6.07 Å². The van der Waals surface area contributed by atoms with E-state index in [0.29, 0.717) is 18.5 Å². The Labute approximate surface area is 127 Å². The summed E-state index contributed by atoms with van der Waals surface area (Å²) >= 11 is 0. The second-order valence-electron chi connectivity index (χ2n) is 5.32. The van der Waals surface area contributed by atoms with Crippen molar-refractivity contribution in [3.63, 3.8) is 0 Å². The lowest BCUT2D eigenvalue weighted by Crippen LogP contribution is -2.34. The summed E-state index contributed by atoms with van der Waals surface area (Å²) in [6.45, 7) is 8.82. The smallest absolute Gasteiger partial charge is 0.158 e. The van der Waals surface area contributed by atoms with E-state index in [0.717, 1.165) is 31.3 Å². The molecule has 1 saturated heterocycles. The lowest BCUT2D eigenvalue weighted by atomic mass is 10.2. The fraction of sp³-hybridized carbons (Fsp3) is 0.733. The molecule has 0 amide bonds. The van der Waals surface area contributed by atoms with E-state index in [1.807, 2.05) is 6.07 Å². The Morgan fingerprint density at radius 2 is 2.05 bits per heavy atom. The summed E-state index contributed by atoms with van der Waals surface area (Å²) < 4.78 is 5.14. The summed E-state index contributed by atoms with van der Waals surface area (Å²) in [4.78, 5) is 11.5. The summed E-state index contributed by atoms with van der Waals surface area (Å²) in [5, 5.41) is 6.70. The van der Waals surface area contributed by atoms with Gasteiger partial charge in [0.05, 0.1) is 0 Å². The van der Waals surface area contributed by atoms with Crippen LogP contribution in [0, 0.1) is 0 Å². The Morgan fingerprint density at radius 3 is 2.71 bits per heavy atom. The van der Waals surface area contributed by atoms with E-state index in [1.165, 1.54) is 19.4 Å². The van der Waals surface area contributed by atoms with Gasteiger partial charge in [0.25, 0.3) is 0 Å². The number of nitrogens with zero attached hydrogens (tertiary/aromatic N) is 3. The second-order valence-corrected chi connectivity index (χ2v) is 5.32. The molecule has 1 aromatic heterocycles. The van der Waals surface area contributed by atoms with Crippen molar-refractivity contribution in [3.8, 4) is 0 Å². The van der Waals surface area contributed by atoms with Crippen molar-refractivity contribution in [2.45, 2.75) is 39.3 Å². The number of likely N-dealkylation sites (N-methyl/N-ethyl adjacent to an activating group) is 1. The molecule has 0 bridgehead atoms. The molecule has 0 spiro atoms. The minimum absolute atomic E-state index is 0.429. The molecule has 21 heavy (non-hydrogen) atoms. The Morgan fingerprint density at radius 1 is 1.29 bits per heavy atom. The van der Waals surface area contributed by atoms with Gasteiger partial charge in [-0.15, -0.1) is 0 Å². The number of hydrogen-bond acceptors (Lipinski definition) is 6. The molecule has 118 valence electrons. The zero-order valence-corrected chi connectivity index (χ0v) is 13.4. The molecule has 0 aromatic carbocycles. The molecule has 1 aliphatic rings. The predicted molar refractivity (Wildman–Crippen MR) is 85.7 cm³/mol.